The summed E-state index contributed by atoms with van der Waals surface area (Å²) in [6.07, 6.45) is 2.03. The molecule has 1 aliphatic rings. The number of methoxy groups -OCH3 is 1. The molecule has 0 N–H and O–H groups in total. The van der Waals surface area contributed by atoms with Crippen LogP contribution in [0.5, 0.6) is 5.75 Å². The minimum absolute atomic E-state index is 0.392. The SMILES string of the molecule is CCCc1ccc(S(=O)(=O)N2CCN(Cc3cccc(OC)c3)CC2)cc1. The van der Waals surface area contributed by atoms with Crippen molar-refractivity contribution >= 4 is 10.0 Å². The lowest BCUT2D eigenvalue weighted by Crippen LogP contribution is -2.48. The Labute approximate surface area is 162 Å². The molecule has 0 atom stereocenters. The molecule has 1 aliphatic heterocycles. The number of sulfonamides is 1. The van der Waals surface area contributed by atoms with Gasteiger partial charge in [0.2, 0.25) is 10.0 Å². The molecule has 146 valence electrons. The third-order valence-corrected chi connectivity index (χ3v) is 6.88. The highest BCUT2D eigenvalue weighted by Crippen LogP contribution is 2.20. The maximum atomic E-state index is 12.9. The minimum Gasteiger partial charge on any atom is -0.497 e. The van der Waals surface area contributed by atoms with Crippen molar-refractivity contribution < 1.29 is 13.2 Å². The van der Waals surface area contributed by atoms with Crippen LogP contribution in [0, 0.1) is 0 Å². The molecule has 0 aliphatic carbocycles. The van der Waals surface area contributed by atoms with E-state index < -0.39 is 10.0 Å². The first-order valence-electron chi connectivity index (χ1n) is 9.47. The highest BCUT2D eigenvalue weighted by atomic mass is 32.2. The topological polar surface area (TPSA) is 49.9 Å². The summed E-state index contributed by atoms with van der Waals surface area (Å²) in [4.78, 5) is 2.68. The zero-order valence-electron chi connectivity index (χ0n) is 16.1. The monoisotopic (exact) mass is 388 g/mol. The van der Waals surface area contributed by atoms with Gasteiger partial charge in [0.05, 0.1) is 12.0 Å². The van der Waals surface area contributed by atoms with Gasteiger partial charge in [-0.3, -0.25) is 4.90 Å². The molecular weight excluding hydrogens is 360 g/mol. The molecule has 0 bridgehead atoms. The van der Waals surface area contributed by atoms with Crippen molar-refractivity contribution in [1.29, 1.82) is 0 Å². The number of ether oxygens (including phenoxy) is 1. The Balaban J connectivity index is 1.60. The van der Waals surface area contributed by atoms with Gasteiger partial charge in [-0.05, 0) is 41.8 Å². The molecule has 1 saturated heterocycles. The van der Waals surface area contributed by atoms with Crippen molar-refractivity contribution in [3.63, 3.8) is 0 Å². The summed E-state index contributed by atoms with van der Waals surface area (Å²) in [6.45, 7) is 5.41. The van der Waals surface area contributed by atoms with Crippen LogP contribution in [0.1, 0.15) is 24.5 Å². The highest BCUT2D eigenvalue weighted by molar-refractivity contribution is 7.89. The number of rotatable bonds is 7. The smallest absolute Gasteiger partial charge is 0.243 e. The van der Waals surface area contributed by atoms with E-state index >= 15 is 0 Å². The van der Waals surface area contributed by atoms with Crippen molar-refractivity contribution in [3.05, 3.63) is 59.7 Å². The lowest BCUT2D eigenvalue weighted by atomic mass is 10.1. The Bertz CT molecular complexity index is 842. The van der Waals surface area contributed by atoms with Crippen molar-refractivity contribution in [1.82, 2.24) is 9.21 Å². The molecule has 2 aromatic carbocycles. The van der Waals surface area contributed by atoms with E-state index in [-0.39, 0.29) is 0 Å². The molecule has 0 saturated carbocycles. The quantitative estimate of drug-likeness (QED) is 0.731. The fraction of sp³-hybridized carbons (Fsp3) is 0.429. The molecule has 1 heterocycles. The molecule has 1 fully saturated rings. The molecule has 6 heteroatoms. The van der Waals surface area contributed by atoms with Gasteiger partial charge in [-0.2, -0.15) is 4.31 Å². The van der Waals surface area contributed by atoms with Gasteiger partial charge >= 0.3 is 0 Å². The fourth-order valence-corrected chi connectivity index (χ4v) is 4.85. The summed E-state index contributed by atoms with van der Waals surface area (Å²) in [6, 6.07) is 15.3. The van der Waals surface area contributed by atoms with E-state index in [2.05, 4.69) is 17.9 Å². The molecular formula is C21H28N2O3S. The van der Waals surface area contributed by atoms with E-state index in [1.54, 1.807) is 23.5 Å². The first kappa shape index (κ1) is 19.9. The average molecular weight is 389 g/mol. The Hall–Kier alpha value is -1.89. The van der Waals surface area contributed by atoms with E-state index in [9.17, 15) is 8.42 Å². The second-order valence-electron chi connectivity index (χ2n) is 6.93. The second kappa shape index (κ2) is 8.87. The van der Waals surface area contributed by atoms with Gasteiger partial charge < -0.3 is 4.74 Å². The molecule has 0 radical (unpaired) electrons. The van der Waals surface area contributed by atoms with Crippen LogP contribution in [-0.2, 0) is 23.0 Å². The van der Waals surface area contributed by atoms with E-state index in [1.165, 1.54) is 11.1 Å². The van der Waals surface area contributed by atoms with Crippen LogP contribution in [0.2, 0.25) is 0 Å². The van der Waals surface area contributed by atoms with Crippen LogP contribution in [-0.4, -0.2) is 50.9 Å². The first-order valence-corrected chi connectivity index (χ1v) is 10.9. The highest BCUT2D eigenvalue weighted by Gasteiger charge is 2.28. The molecule has 0 spiro atoms. The standard InChI is InChI=1S/C21H28N2O3S/c1-3-5-18-8-10-21(11-9-18)27(24,25)23-14-12-22(13-15-23)17-19-6-4-7-20(16-19)26-2/h4,6-11,16H,3,5,12-15,17H2,1-2H3. The Morgan fingerprint density at radius 2 is 1.67 bits per heavy atom. The van der Waals surface area contributed by atoms with Gasteiger partial charge in [0.1, 0.15) is 5.75 Å². The number of piperazine rings is 1. The summed E-state index contributed by atoms with van der Waals surface area (Å²) >= 11 is 0. The average Bonchev–Trinajstić information content (AvgIpc) is 2.69. The maximum Gasteiger partial charge on any atom is 0.243 e. The molecule has 3 rings (SSSR count). The molecule has 0 unspecified atom stereocenters. The van der Waals surface area contributed by atoms with E-state index in [1.807, 2.05) is 30.3 Å². The van der Waals surface area contributed by atoms with E-state index in [0.717, 1.165) is 38.2 Å². The predicted molar refractivity (Wildman–Crippen MR) is 107 cm³/mol. The van der Waals surface area contributed by atoms with Gasteiger partial charge in [-0.15, -0.1) is 0 Å². The van der Waals surface area contributed by atoms with Crippen molar-refractivity contribution in [2.75, 3.05) is 33.3 Å². The van der Waals surface area contributed by atoms with Gasteiger partial charge in [0, 0.05) is 32.7 Å². The maximum absolute atomic E-state index is 12.9. The number of aryl methyl sites for hydroxylation is 1. The Kier molecular flexibility index (Phi) is 6.52. The summed E-state index contributed by atoms with van der Waals surface area (Å²) < 4.78 is 32.7. The van der Waals surface area contributed by atoms with Crippen LogP contribution in [0.4, 0.5) is 0 Å². The minimum atomic E-state index is -3.41. The molecule has 0 amide bonds. The lowest BCUT2D eigenvalue weighted by molar-refractivity contribution is 0.181. The summed E-state index contributed by atoms with van der Waals surface area (Å²) in [5, 5.41) is 0. The van der Waals surface area contributed by atoms with Crippen LogP contribution in [0.25, 0.3) is 0 Å². The van der Waals surface area contributed by atoms with Crippen LogP contribution in [0.3, 0.4) is 0 Å². The van der Waals surface area contributed by atoms with Crippen molar-refractivity contribution in [2.45, 2.75) is 31.2 Å². The van der Waals surface area contributed by atoms with Crippen LogP contribution in [0.15, 0.2) is 53.4 Å². The number of hydrogen-bond acceptors (Lipinski definition) is 4. The Morgan fingerprint density at radius 1 is 0.963 bits per heavy atom. The predicted octanol–water partition coefficient (Wildman–Crippen LogP) is 3.15. The normalized spacial score (nSPS) is 16.4. The molecule has 2 aromatic rings. The van der Waals surface area contributed by atoms with Crippen LogP contribution >= 0.6 is 0 Å². The lowest BCUT2D eigenvalue weighted by Gasteiger charge is -2.34. The third kappa shape index (κ3) is 4.89. The summed E-state index contributed by atoms with van der Waals surface area (Å²) in [5.41, 5.74) is 2.36. The molecule has 5 nitrogen and oxygen atoms in total. The molecule has 27 heavy (non-hydrogen) atoms. The summed E-state index contributed by atoms with van der Waals surface area (Å²) in [7, 11) is -1.75. The zero-order valence-corrected chi connectivity index (χ0v) is 16.9. The molecule has 0 aromatic heterocycles. The van der Waals surface area contributed by atoms with Gasteiger partial charge in [0.15, 0.2) is 0 Å². The largest absolute Gasteiger partial charge is 0.497 e. The van der Waals surface area contributed by atoms with Gasteiger partial charge in [-0.1, -0.05) is 37.6 Å². The first-order chi connectivity index (χ1) is 13.0. The Morgan fingerprint density at radius 3 is 2.30 bits per heavy atom. The summed E-state index contributed by atoms with van der Waals surface area (Å²) in [5.74, 6) is 0.847. The fourth-order valence-electron chi connectivity index (χ4n) is 3.42. The van der Waals surface area contributed by atoms with Crippen LogP contribution < -0.4 is 4.74 Å². The van der Waals surface area contributed by atoms with Crippen molar-refractivity contribution in [3.8, 4) is 5.75 Å². The van der Waals surface area contributed by atoms with Gasteiger partial charge in [0.25, 0.3) is 0 Å². The van der Waals surface area contributed by atoms with Gasteiger partial charge in [-0.25, -0.2) is 8.42 Å². The zero-order chi connectivity index (χ0) is 19.3. The number of hydrogen-bond donors (Lipinski definition) is 0. The van der Waals surface area contributed by atoms with E-state index in [4.69, 9.17) is 4.74 Å². The third-order valence-electron chi connectivity index (χ3n) is 4.97. The second-order valence-corrected chi connectivity index (χ2v) is 8.86. The van der Waals surface area contributed by atoms with Crippen molar-refractivity contribution in [2.24, 2.45) is 0 Å². The number of benzene rings is 2. The number of nitrogens with zero attached hydrogens (tertiary/aromatic N) is 2. The van der Waals surface area contributed by atoms with E-state index in [0.29, 0.717) is 18.0 Å².